The Labute approximate surface area is 96.6 Å². The van der Waals surface area contributed by atoms with E-state index < -0.39 is 5.60 Å². The number of ether oxygens (including phenoxy) is 1. The Bertz CT molecular complexity index is 257. The van der Waals surface area contributed by atoms with Gasteiger partial charge in [0.15, 0.2) is 0 Å². The third-order valence-electron chi connectivity index (χ3n) is 3.50. The third kappa shape index (κ3) is 2.55. The number of hydrogen-bond donors (Lipinski definition) is 1. The van der Waals surface area contributed by atoms with Crippen molar-refractivity contribution in [1.82, 2.24) is 4.90 Å². The summed E-state index contributed by atoms with van der Waals surface area (Å²) in [6.07, 6.45) is 3.58. The average Bonchev–Trinajstić information content (AvgIpc) is 3.03. The number of hydrogen-bond acceptors (Lipinski definition) is 3. The van der Waals surface area contributed by atoms with Gasteiger partial charge in [-0.3, -0.25) is 4.79 Å². The van der Waals surface area contributed by atoms with E-state index in [1.807, 2.05) is 6.92 Å². The molecule has 2 rings (SSSR count). The van der Waals surface area contributed by atoms with Crippen molar-refractivity contribution in [2.24, 2.45) is 5.92 Å². The smallest absolute Gasteiger partial charge is 0.222 e. The van der Waals surface area contributed by atoms with Crippen LogP contribution in [0.1, 0.15) is 32.6 Å². The summed E-state index contributed by atoms with van der Waals surface area (Å²) in [5, 5.41) is 10.1. The fourth-order valence-corrected chi connectivity index (χ4v) is 2.30. The minimum atomic E-state index is -0.546. The van der Waals surface area contributed by atoms with Gasteiger partial charge in [-0.05, 0) is 32.1 Å². The van der Waals surface area contributed by atoms with Gasteiger partial charge in [0.25, 0.3) is 0 Å². The molecule has 16 heavy (non-hydrogen) atoms. The molecule has 0 spiro atoms. The van der Waals surface area contributed by atoms with Gasteiger partial charge in [0, 0.05) is 19.6 Å². The molecule has 1 amide bonds. The highest BCUT2D eigenvalue weighted by Gasteiger charge is 2.52. The van der Waals surface area contributed by atoms with Crippen LogP contribution in [0.15, 0.2) is 0 Å². The first-order valence-electron chi connectivity index (χ1n) is 6.23. The molecule has 1 saturated heterocycles. The maximum Gasteiger partial charge on any atom is 0.222 e. The maximum atomic E-state index is 11.7. The zero-order chi connectivity index (χ0) is 11.6. The lowest BCUT2D eigenvalue weighted by Gasteiger charge is -2.47. The Morgan fingerprint density at radius 3 is 2.75 bits per heavy atom. The summed E-state index contributed by atoms with van der Waals surface area (Å²) >= 11 is 0. The summed E-state index contributed by atoms with van der Waals surface area (Å²) < 4.78 is 5.18. The minimum absolute atomic E-state index is 0.157. The zero-order valence-electron chi connectivity index (χ0n) is 9.95. The summed E-state index contributed by atoms with van der Waals surface area (Å²) in [6.45, 7) is 4.41. The van der Waals surface area contributed by atoms with E-state index in [2.05, 4.69) is 0 Å². The van der Waals surface area contributed by atoms with Crippen molar-refractivity contribution in [3.05, 3.63) is 0 Å². The van der Waals surface area contributed by atoms with E-state index in [1.165, 1.54) is 0 Å². The molecule has 2 fully saturated rings. The predicted molar refractivity (Wildman–Crippen MR) is 60.0 cm³/mol. The third-order valence-corrected chi connectivity index (χ3v) is 3.50. The molecule has 0 radical (unpaired) electrons. The Morgan fingerprint density at radius 2 is 2.19 bits per heavy atom. The van der Waals surface area contributed by atoms with Crippen molar-refractivity contribution >= 4 is 5.91 Å². The lowest BCUT2D eigenvalue weighted by molar-refractivity contribution is -0.159. The fourth-order valence-electron chi connectivity index (χ4n) is 2.30. The lowest BCUT2D eigenvalue weighted by Crippen LogP contribution is -2.64. The summed E-state index contributed by atoms with van der Waals surface area (Å²) in [5.74, 6) is 0.616. The minimum Gasteiger partial charge on any atom is -0.386 e. The topological polar surface area (TPSA) is 49.8 Å². The molecule has 4 nitrogen and oxygen atoms in total. The molecule has 0 atom stereocenters. The van der Waals surface area contributed by atoms with E-state index in [0.717, 1.165) is 19.3 Å². The number of carbonyl (C=O) groups is 1. The molecule has 1 aliphatic heterocycles. The first kappa shape index (κ1) is 11.9. The number of β-amino-alcohol motifs (C(OH)–C–C–N with tert-alkyl or cyclic N) is 1. The number of aliphatic hydroxyl groups is 1. The highest BCUT2D eigenvalue weighted by molar-refractivity contribution is 5.77. The predicted octanol–water partition coefficient (Wildman–Crippen LogP) is 0.786. The molecule has 0 bridgehead atoms. The van der Waals surface area contributed by atoms with E-state index in [0.29, 0.717) is 38.6 Å². The van der Waals surface area contributed by atoms with E-state index in [1.54, 1.807) is 4.90 Å². The van der Waals surface area contributed by atoms with Crippen LogP contribution < -0.4 is 0 Å². The van der Waals surface area contributed by atoms with Gasteiger partial charge in [0.1, 0.15) is 5.60 Å². The number of nitrogens with zero attached hydrogens (tertiary/aromatic N) is 1. The number of likely N-dealkylation sites (tertiary alicyclic amines) is 1. The molecule has 1 aliphatic carbocycles. The highest BCUT2D eigenvalue weighted by Crippen LogP contribution is 2.44. The quantitative estimate of drug-likeness (QED) is 0.682. The number of carbonyl (C=O) groups excluding carboxylic acids is 1. The molecular formula is C12H21NO3. The first-order valence-corrected chi connectivity index (χ1v) is 6.23. The standard InChI is InChI=1S/C12H21NO3/c1-2-16-7-3-4-11(14)13-8-12(15,9-13)10-5-6-10/h10,15H,2-9H2,1H3. The number of rotatable bonds is 6. The van der Waals surface area contributed by atoms with Crippen LogP contribution in [0, 0.1) is 5.92 Å². The van der Waals surface area contributed by atoms with Crippen molar-refractivity contribution in [2.75, 3.05) is 26.3 Å². The molecule has 92 valence electrons. The summed E-state index contributed by atoms with van der Waals surface area (Å²) in [4.78, 5) is 13.4. The largest absolute Gasteiger partial charge is 0.386 e. The van der Waals surface area contributed by atoms with Crippen LogP contribution in [0.2, 0.25) is 0 Å². The van der Waals surface area contributed by atoms with Crippen LogP contribution in [-0.4, -0.2) is 47.8 Å². The SMILES string of the molecule is CCOCCCC(=O)N1CC(O)(C2CC2)C1. The Hall–Kier alpha value is -0.610. The molecule has 1 heterocycles. The molecule has 0 aromatic carbocycles. The van der Waals surface area contributed by atoms with E-state index in [9.17, 15) is 9.90 Å². The maximum absolute atomic E-state index is 11.7. The summed E-state index contributed by atoms with van der Waals surface area (Å²) in [6, 6.07) is 0. The van der Waals surface area contributed by atoms with E-state index in [4.69, 9.17) is 4.74 Å². The van der Waals surface area contributed by atoms with Gasteiger partial charge in [-0.2, -0.15) is 0 Å². The van der Waals surface area contributed by atoms with E-state index in [-0.39, 0.29) is 5.91 Å². The monoisotopic (exact) mass is 227 g/mol. The molecule has 4 heteroatoms. The Balaban J connectivity index is 1.61. The van der Waals surface area contributed by atoms with E-state index >= 15 is 0 Å². The fraction of sp³-hybridized carbons (Fsp3) is 0.917. The second-order valence-corrected chi connectivity index (χ2v) is 4.93. The van der Waals surface area contributed by atoms with Crippen molar-refractivity contribution in [2.45, 2.75) is 38.2 Å². The van der Waals surface area contributed by atoms with Gasteiger partial charge in [-0.25, -0.2) is 0 Å². The van der Waals surface area contributed by atoms with Crippen molar-refractivity contribution in [3.8, 4) is 0 Å². The normalized spacial score (nSPS) is 23.0. The van der Waals surface area contributed by atoms with Crippen LogP contribution in [0.5, 0.6) is 0 Å². The van der Waals surface area contributed by atoms with Gasteiger partial charge in [0.2, 0.25) is 5.91 Å². The van der Waals surface area contributed by atoms with Crippen LogP contribution in [0.4, 0.5) is 0 Å². The molecular weight excluding hydrogens is 206 g/mol. The van der Waals surface area contributed by atoms with Crippen LogP contribution in [0.3, 0.4) is 0 Å². The van der Waals surface area contributed by atoms with Crippen LogP contribution in [-0.2, 0) is 9.53 Å². The van der Waals surface area contributed by atoms with Gasteiger partial charge in [-0.15, -0.1) is 0 Å². The van der Waals surface area contributed by atoms with Gasteiger partial charge < -0.3 is 14.7 Å². The van der Waals surface area contributed by atoms with Crippen molar-refractivity contribution < 1.29 is 14.6 Å². The Kier molecular flexibility index (Phi) is 3.50. The van der Waals surface area contributed by atoms with Crippen LogP contribution in [0.25, 0.3) is 0 Å². The first-order chi connectivity index (χ1) is 7.65. The zero-order valence-corrected chi connectivity index (χ0v) is 9.95. The summed E-state index contributed by atoms with van der Waals surface area (Å²) in [5.41, 5.74) is -0.546. The van der Waals surface area contributed by atoms with Gasteiger partial charge in [0.05, 0.1) is 13.1 Å². The highest BCUT2D eigenvalue weighted by atomic mass is 16.5. The van der Waals surface area contributed by atoms with Gasteiger partial charge in [-0.1, -0.05) is 0 Å². The molecule has 0 aromatic rings. The molecule has 2 aliphatic rings. The van der Waals surface area contributed by atoms with Crippen molar-refractivity contribution in [1.29, 1.82) is 0 Å². The van der Waals surface area contributed by atoms with Crippen LogP contribution >= 0.6 is 0 Å². The number of amides is 1. The second kappa shape index (κ2) is 4.72. The average molecular weight is 227 g/mol. The van der Waals surface area contributed by atoms with Crippen molar-refractivity contribution in [3.63, 3.8) is 0 Å². The Morgan fingerprint density at radius 1 is 1.50 bits per heavy atom. The summed E-state index contributed by atoms with van der Waals surface area (Å²) in [7, 11) is 0. The lowest BCUT2D eigenvalue weighted by atomic mass is 9.88. The molecule has 0 unspecified atom stereocenters. The molecule has 1 saturated carbocycles. The second-order valence-electron chi connectivity index (χ2n) is 4.93. The van der Waals surface area contributed by atoms with Gasteiger partial charge >= 0.3 is 0 Å². The molecule has 0 aromatic heterocycles. The molecule has 1 N–H and O–H groups in total.